The Bertz CT molecular complexity index is 1490. The quantitative estimate of drug-likeness (QED) is 0.0188. The average molecular weight is 928 g/mol. The number of rotatable bonds is 38. The van der Waals surface area contributed by atoms with Crippen molar-refractivity contribution in [2.45, 2.75) is 213 Å². The number of esters is 2. The third-order valence-electron chi connectivity index (χ3n) is 12.6. The van der Waals surface area contributed by atoms with Crippen LogP contribution in [0.2, 0.25) is 0 Å². The highest BCUT2D eigenvalue weighted by atomic mass is 31.2. The molecule has 0 bridgehead atoms. The summed E-state index contributed by atoms with van der Waals surface area (Å²) < 4.78 is 40.3. The van der Waals surface area contributed by atoms with Crippen LogP contribution in [0.5, 0.6) is 0 Å². The Morgan fingerprint density at radius 1 is 0.766 bits per heavy atom. The molecule has 64 heavy (non-hydrogen) atoms. The number of furan rings is 1. The molecule has 1 unspecified atom stereocenters. The highest BCUT2D eigenvalue weighted by Gasteiger charge is 2.39. The average Bonchev–Trinajstić information content (AvgIpc) is 3.66. The van der Waals surface area contributed by atoms with Crippen molar-refractivity contribution in [1.29, 1.82) is 0 Å². The van der Waals surface area contributed by atoms with Gasteiger partial charge in [0.25, 0.3) is 7.82 Å². The molecule has 1 saturated carbocycles. The first kappa shape index (κ1) is 58.0. The molecule has 1 aromatic rings. The van der Waals surface area contributed by atoms with Crippen LogP contribution in [-0.2, 0) is 45.5 Å². The van der Waals surface area contributed by atoms with E-state index in [-0.39, 0.29) is 37.9 Å². The van der Waals surface area contributed by atoms with Gasteiger partial charge in [-0.2, -0.15) is 0 Å². The van der Waals surface area contributed by atoms with Crippen LogP contribution in [0.1, 0.15) is 184 Å². The second-order valence-electron chi connectivity index (χ2n) is 19.4. The van der Waals surface area contributed by atoms with Crippen LogP contribution >= 0.6 is 7.82 Å². The summed E-state index contributed by atoms with van der Waals surface area (Å²) in [5.41, 5.74) is 2.63. The fourth-order valence-corrected chi connectivity index (χ4v) is 9.07. The van der Waals surface area contributed by atoms with Crippen molar-refractivity contribution in [1.82, 2.24) is 0 Å². The minimum atomic E-state index is -4.69. The number of aliphatic hydroxyl groups is 3. The highest BCUT2D eigenvalue weighted by molar-refractivity contribution is 7.45. The number of ether oxygens (including phenoxy) is 2. The van der Waals surface area contributed by atoms with Crippen molar-refractivity contribution in [3.8, 4) is 0 Å². The molecule has 0 aromatic carbocycles. The molecule has 1 heterocycles. The number of carbonyl (C=O) groups is 2. The molecule has 7 atom stereocenters. The Labute approximate surface area is 387 Å². The molecule has 1 aromatic heterocycles. The zero-order valence-electron chi connectivity index (χ0n) is 41.0. The van der Waals surface area contributed by atoms with Gasteiger partial charge >= 0.3 is 11.9 Å². The van der Waals surface area contributed by atoms with Gasteiger partial charge < -0.3 is 47.6 Å². The Morgan fingerprint density at radius 3 is 1.92 bits per heavy atom. The summed E-state index contributed by atoms with van der Waals surface area (Å²) in [5, 5.41) is 31.5. The van der Waals surface area contributed by atoms with Gasteiger partial charge in [-0.1, -0.05) is 116 Å². The number of phosphoric acid groups is 1. The van der Waals surface area contributed by atoms with E-state index in [0.717, 1.165) is 114 Å². The molecule has 3 N–H and O–H groups in total. The molecule has 13 nitrogen and oxygen atoms in total. The molecule has 372 valence electrons. The van der Waals surface area contributed by atoms with E-state index in [1.807, 2.05) is 27.2 Å². The number of aryl methyl sites for hydroxylation is 2. The largest absolute Gasteiger partial charge is 0.756 e. The number of aliphatic hydroxyl groups excluding tert-OH is 3. The summed E-state index contributed by atoms with van der Waals surface area (Å²) in [6.45, 7) is 8.19. The van der Waals surface area contributed by atoms with Crippen molar-refractivity contribution in [2.24, 2.45) is 11.8 Å². The smallest absolute Gasteiger partial charge is 0.306 e. The summed E-state index contributed by atoms with van der Waals surface area (Å²) in [4.78, 5) is 38.0. The van der Waals surface area contributed by atoms with E-state index in [0.29, 0.717) is 36.7 Å². The molecule has 14 heteroatoms. The van der Waals surface area contributed by atoms with Gasteiger partial charge in [-0.15, -0.1) is 0 Å². The summed E-state index contributed by atoms with van der Waals surface area (Å²) in [7, 11) is 1.03. The fraction of sp³-hybridized carbons (Fsp3) is 0.840. The van der Waals surface area contributed by atoms with Crippen LogP contribution in [0.4, 0.5) is 0 Å². The van der Waals surface area contributed by atoms with Gasteiger partial charge in [0.05, 0.1) is 46.1 Å². The third kappa shape index (κ3) is 25.7. The second-order valence-corrected chi connectivity index (χ2v) is 20.8. The van der Waals surface area contributed by atoms with Crippen LogP contribution in [0.15, 0.2) is 16.6 Å². The first-order valence-electron chi connectivity index (χ1n) is 25.0. The minimum absolute atomic E-state index is 0.0712. The van der Waals surface area contributed by atoms with Gasteiger partial charge in [-0.3, -0.25) is 14.2 Å². The third-order valence-corrected chi connectivity index (χ3v) is 13.6. The predicted octanol–water partition coefficient (Wildman–Crippen LogP) is 9.54. The number of hydrogen-bond donors (Lipinski definition) is 3. The lowest BCUT2D eigenvalue weighted by Crippen LogP contribution is -2.37. The standard InChI is InChI=1S/C50H90NO12P/c1-8-10-20-26-41(52)32-33-44-43(45(53)36-46(44)54)27-22-18-19-24-30-49(55)59-37-42(38-61-64(57,58)60-35-34-51(5,6)7)62-50(56)31-25-17-15-13-12-14-16-23-29-48-40(4)39(3)47(63-48)28-21-11-9-2/h32-33,41-46,52-54H,8-31,34-38H2,1-7H3/b33-32+/t41-,42+,43+,44+,45-,46+/m0/s1. The van der Waals surface area contributed by atoms with Crippen LogP contribution in [0, 0.1) is 25.7 Å². The van der Waals surface area contributed by atoms with Gasteiger partial charge in [0.15, 0.2) is 6.10 Å². The maximum absolute atomic E-state index is 12.8. The van der Waals surface area contributed by atoms with Gasteiger partial charge in [-0.25, -0.2) is 0 Å². The molecule has 0 saturated heterocycles. The second kappa shape index (κ2) is 32.6. The predicted molar refractivity (Wildman–Crippen MR) is 251 cm³/mol. The van der Waals surface area contributed by atoms with E-state index in [1.54, 1.807) is 6.08 Å². The molecule has 0 aliphatic heterocycles. The van der Waals surface area contributed by atoms with E-state index < -0.39 is 50.8 Å². The zero-order valence-corrected chi connectivity index (χ0v) is 41.9. The van der Waals surface area contributed by atoms with Crippen molar-refractivity contribution in [3.05, 3.63) is 34.8 Å². The van der Waals surface area contributed by atoms with Crippen LogP contribution in [0.3, 0.4) is 0 Å². The molecule has 0 amide bonds. The van der Waals surface area contributed by atoms with Gasteiger partial charge in [-0.05, 0) is 69.4 Å². The Balaban J connectivity index is 1.72. The minimum Gasteiger partial charge on any atom is -0.756 e. The topological polar surface area (TPSA) is 185 Å². The van der Waals surface area contributed by atoms with E-state index in [9.17, 15) is 34.4 Å². The molecular formula is C50H90NO12P. The molecule has 1 aliphatic rings. The number of quaternary nitrogens is 1. The van der Waals surface area contributed by atoms with Gasteiger partial charge in [0.2, 0.25) is 0 Å². The number of phosphoric ester groups is 1. The molecule has 0 spiro atoms. The summed E-state index contributed by atoms with van der Waals surface area (Å²) in [6, 6.07) is 0. The van der Waals surface area contributed by atoms with Crippen molar-refractivity contribution < 1.29 is 61.8 Å². The maximum Gasteiger partial charge on any atom is 0.306 e. The zero-order chi connectivity index (χ0) is 47.4. The van der Waals surface area contributed by atoms with E-state index in [2.05, 4.69) is 27.7 Å². The molecule has 1 fully saturated rings. The van der Waals surface area contributed by atoms with Crippen LogP contribution in [-0.4, -0.2) is 104 Å². The number of nitrogens with zero attached hydrogens (tertiary/aromatic N) is 1. The Kier molecular flexibility index (Phi) is 29.5. The van der Waals surface area contributed by atoms with Gasteiger partial charge in [0.1, 0.15) is 31.3 Å². The molecule has 2 rings (SSSR count). The van der Waals surface area contributed by atoms with Crippen LogP contribution < -0.4 is 4.89 Å². The summed E-state index contributed by atoms with van der Waals surface area (Å²) in [6.07, 6.45) is 22.7. The van der Waals surface area contributed by atoms with Crippen LogP contribution in [0.25, 0.3) is 0 Å². The SMILES string of the molecule is CCCCCc1oc(CCCCCCCCCCC(=O)O[C@H](COC(=O)CCCCCC[C@@H]2[C@@H](/C=C/[C@@H](O)CCCCC)[C@H](O)C[C@@H]2O)COP(=O)([O-])OCC[N+](C)(C)C)c(C)c1C. The first-order chi connectivity index (χ1) is 30.5. The van der Waals surface area contributed by atoms with Crippen molar-refractivity contribution in [3.63, 3.8) is 0 Å². The lowest BCUT2D eigenvalue weighted by atomic mass is 9.88. The normalized spacial score (nSPS) is 19.9. The number of unbranched alkanes of at least 4 members (excludes halogenated alkanes) is 14. The summed E-state index contributed by atoms with van der Waals surface area (Å²) >= 11 is 0. The van der Waals surface area contributed by atoms with Crippen molar-refractivity contribution >= 4 is 19.8 Å². The first-order valence-corrected chi connectivity index (χ1v) is 26.5. The molecule has 1 aliphatic carbocycles. The lowest BCUT2D eigenvalue weighted by molar-refractivity contribution is -0.870. The fourth-order valence-electron chi connectivity index (χ4n) is 8.34. The number of carbonyl (C=O) groups excluding carboxylic acids is 2. The summed E-state index contributed by atoms with van der Waals surface area (Å²) in [5.74, 6) is 1.02. The Hall–Kier alpha value is -2.09. The van der Waals surface area contributed by atoms with E-state index in [4.69, 9.17) is 22.9 Å². The van der Waals surface area contributed by atoms with Gasteiger partial charge in [0, 0.05) is 38.0 Å². The lowest BCUT2D eigenvalue weighted by Gasteiger charge is -2.28. The maximum atomic E-state index is 12.8. The monoisotopic (exact) mass is 928 g/mol. The molecule has 0 radical (unpaired) electrons. The van der Waals surface area contributed by atoms with E-state index >= 15 is 0 Å². The van der Waals surface area contributed by atoms with Crippen molar-refractivity contribution in [2.75, 3.05) is 47.5 Å². The molecular weight excluding hydrogens is 838 g/mol. The number of likely N-dealkylation sites (N-methyl/N-ethyl adjacent to an activating group) is 1. The highest BCUT2D eigenvalue weighted by Crippen LogP contribution is 2.39. The Morgan fingerprint density at radius 2 is 1.31 bits per heavy atom. The number of hydrogen-bond acceptors (Lipinski definition) is 12. The van der Waals surface area contributed by atoms with E-state index in [1.165, 1.54) is 30.4 Å².